The number of para-hydroxylation sites is 1. The average Bonchev–Trinajstić information content (AvgIpc) is 2.61. The molecule has 0 aromatic heterocycles. The molecule has 2 aromatic carbocycles. The Morgan fingerprint density at radius 3 is 2.08 bits per heavy atom. The van der Waals surface area contributed by atoms with Gasteiger partial charge in [-0.2, -0.15) is 0 Å². The summed E-state index contributed by atoms with van der Waals surface area (Å²) in [5, 5.41) is 3.16. The first kappa shape index (κ1) is 19.1. The van der Waals surface area contributed by atoms with Gasteiger partial charge >= 0.3 is 0 Å². The lowest BCUT2D eigenvalue weighted by atomic mass is 10.1. The number of hydrogen-bond donors (Lipinski definition) is 2. The molecular weight excluding hydrogens is 332 g/mol. The number of nitrogens with one attached hydrogen (secondary N) is 1. The summed E-state index contributed by atoms with van der Waals surface area (Å²) in [6, 6.07) is 17.6. The number of ether oxygens (including phenoxy) is 2. The Bertz CT molecular complexity index is 635. The van der Waals surface area contributed by atoms with Crippen molar-refractivity contribution < 1.29 is 9.47 Å². The Labute approximate surface area is 155 Å². The molecule has 0 saturated heterocycles. The van der Waals surface area contributed by atoms with Gasteiger partial charge < -0.3 is 20.5 Å². The largest absolute Gasteiger partial charge is 0.494 e. The van der Waals surface area contributed by atoms with Crippen molar-refractivity contribution in [1.29, 1.82) is 0 Å². The number of unbranched alkanes of at least 4 members (excludes halogenated alkanes) is 4. The lowest BCUT2D eigenvalue weighted by molar-refractivity contribution is 0.293. The van der Waals surface area contributed by atoms with Crippen LogP contribution >= 0.6 is 12.2 Å². The minimum Gasteiger partial charge on any atom is -0.494 e. The number of rotatable bonds is 11. The van der Waals surface area contributed by atoms with Crippen molar-refractivity contribution in [1.82, 2.24) is 0 Å². The van der Waals surface area contributed by atoms with Crippen molar-refractivity contribution >= 4 is 23.0 Å². The summed E-state index contributed by atoms with van der Waals surface area (Å²) >= 11 is 4.83. The molecular formula is C20H26N2O2S. The summed E-state index contributed by atoms with van der Waals surface area (Å²) in [5.41, 5.74) is 6.32. The third-order valence-corrected chi connectivity index (χ3v) is 3.77. The lowest BCUT2D eigenvalue weighted by Crippen LogP contribution is -2.18. The van der Waals surface area contributed by atoms with Gasteiger partial charge in [0.2, 0.25) is 0 Å². The maximum Gasteiger partial charge on any atom is 0.168 e. The molecule has 0 aliphatic rings. The van der Waals surface area contributed by atoms with Crippen LogP contribution in [0.25, 0.3) is 0 Å². The van der Waals surface area contributed by atoms with Gasteiger partial charge in [0, 0.05) is 11.8 Å². The molecule has 0 fully saturated rings. The second-order valence-corrected chi connectivity index (χ2v) is 6.23. The monoisotopic (exact) mass is 358 g/mol. The molecule has 0 spiro atoms. The second-order valence-electron chi connectivity index (χ2n) is 5.79. The van der Waals surface area contributed by atoms with E-state index in [9.17, 15) is 0 Å². The van der Waals surface area contributed by atoms with Gasteiger partial charge in [-0.05, 0) is 49.3 Å². The number of thiocarbonyl (C=S) groups is 1. The van der Waals surface area contributed by atoms with Crippen molar-refractivity contribution in [2.75, 3.05) is 18.5 Å². The maximum absolute atomic E-state index is 5.77. The summed E-state index contributed by atoms with van der Waals surface area (Å²) in [7, 11) is 0. The number of anilines is 1. The van der Waals surface area contributed by atoms with Crippen molar-refractivity contribution in [3.8, 4) is 11.5 Å². The molecule has 0 radical (unpaired) electrons. The molecule has 0 aliphatic carbocycles. The van der Waals surface area contributed by atoms with Gasteiger partial charge in [-0.15, -0.1) is 0 Å². The lowest BCUT2D eigenvalue weighted by Gasteiger charge is -2.09. The van der Waals surface area contributed by atoms with Crippen LogP contribution in [0.3, 0.4) is 0 Å². The number of benzene rings is 2. The van der Waals surface area contributed by atoms with Crippen LogP contribution in [0.5, 0.6) is 11.5 Å². The Morgan fingerprint density at radius 2 is 1.40 bits per heavy atom. The van der Waals surface area contributed by atoms with Crippen LogP contribution < -0.4 is 20.5 Å². The van der Waals surface area contributed by atoms with Crippen LogP contribution in [0.4, 0.5) is 5.69 Å². The zero-order valence-corrected chi connectivity index (χ0v) is 15.3. The molecule has 2 rings (SSSR count). The van der Waals surface area contributed by atoms with E-state index in [0.717, 1.165) is 49.7 Å². The van der Waals surface area contributed by atoms with Crippen LogP contribution in [-0.2, 0) is 0 Å². The predicted molar refractivity (Wildman–Crippen MR) is 107 cm³/mol. The topological polar surface area (TPSA) is 56.5 Å². The summed E-state index contributed by atoms with van der Waals surface area (Å²) in [5.74, 6) is 1.78. The van der Waals surface area contributed by atoms with Crippen molar-refractivity contribution in [3.05, 3.63) is 54.6 Å². The molecule has 5 heteroatoms. The van der Waals surface area contributed by atoms with E-state index in [2.05, 4.69) is 5.32 Å². The van der Waals surface area contributed by atoms with Gasteiger partial charge in [0.05, 0.1) is 13.2 Å². The molecule has 4 nitrogen and oxygen atoms in total. The highest BCUT2D eigenvalue weighted by atomic mass is 32.1. The summed E-state index contributed by atoms with van der Waals surface area (Å²) < 4.78 is 11.4. The third-order valence-electron chi connectivity index (χ3n) is 3.67. The van der Waals surface area contributed by atoms with Crippen molar-refractivity contribution in [3.63, 3.8) is 0 Å². The van der Waals surface area contributed by atoms with Gasteiger partial charge in [0.15, 0.2) is 5.11 Å². The summed E-state index contributed by atoms with van der Waals surface area (Å²) in [4.78, 5) is 0. The Morgan fingerprint density at radius 1 is 0.800 bits per heavy atom. The molecule has 134 valence electrons. The average molecular weight is 359 g/mol. The highest BCUT2D eigenvalue weighted by Gasteiger charge is 1.98. The fraction of sp³-hybridized carbons (Fsp3) is 0.350. The molecule has 0 unspecified atom stereocenters. The van der Waals surface area contributed by atoms with E-state index < -0.39 is 0 Å². The van der Waals surface area contributed by atoms with E-state index in [4.69, 9.17) is 27.4 Å². The van der Waals surface area contributed by atoms with Gasteiger partial charge in [-0.1, -0.05) is 43.5 Å². The van der Waals surface area contributed by atoms with E-state index in [0.29, 0.717) is 0 Å². The molecule has 0 amide bonds. The predicted octanol–water partition coefficient (Wildman–Crippen LogP) is 4.75. The van der Waals surface area contributed by atoms with Crippen LogP contribution in [0, 0.1) is 0 Å². The quantitative estimate of drug-likeness (QED) is 0.448. The maximum atomic E-state index is 5.77. The first-order valence-electron chi connectivity index (χ1n) is 8.71. The number of nitrogens with two attached hydrogens (primary N) is 1. The first-order chi connectivity index (χ1) is 12.2. The fourth-order valence-corrected chi connectivity index (χ4v) is 2.55. The molecule has 0 bridgehead atoms. The van der Waals surface area contributed by atoms with Crippen molar-refractivity contribution in [2.24, 2.45) is 5.73 Å². The van der Waals surface area contributed by atoms with Crippen LogP contribution in [0.1, 0.15) is 32.1 Å². The van der Waals surface area contributed by atoms with E-state index in [1.807, 2.05) is 54.6 Å². The molecule has 2 aromatic rings. The number of hydrogen-bond acceptors (Lipinski definition) is 3. The normalized spacial score (nSPS) is 10.2. The first-order valence-corrected chi connectivity index (χ1v) is 9.12. The van der Waals surface area contributed by atoms with Crippen LogP contribution in [-0.4, -0.2) is 18.3 Å². The molecule has 0 saturated carbocycles. The standard InChI is InChI=1S/C20H26N2O2S/c21-20(25)22-17-10-9-13-19(16-17)24-15-8-3-1-2-7-14-23-18-11-5-4-6-12-18/h4-6,9-13,16H,1-3,7-8,14-15H2,(H3,21,22,25). The highest BCUT2D eigenvalue weighted by Crippen LogP contribution is 2.17. The molecule has 0 aliphatic heterocycles. The molecule has 0 atom stereocenters. The molecule has 3 N–H and O–H groups in total. The third kappa shape index (κ3) is 8.40. The van der Waals surface area contributed by atoms with Crippen molar-refractivity contribution in [2.45, 2.75) is 32.1 Å². The van der Waals surface area contributed by atoms with E-state index in [-0.39, 0.29) is 5.11 Å². The van der Waals surface area contributed by atoms with Gasteiger partial charge in [0.25, 0.3) is 0 Å². The Balaban J connectivity index is 1.49. The fourth-order valence-electron chi connectivity index (χ4n) is 2.44. The smallest absolute Gasteiger partial charge is 0.168 e. The zero-order valence-electron chi connectivity index (χ0n) is 14.4. The molecule has 0 heterocycles. The minimum absolute atomic E-state index is 0.258. The Kier molecular flexibility index (Phi) is 8.63. The van der Waals surface area contributed by atoms with E-state index >= 15 is 0 Å². The van der Waals surface area contributed by atoms with E-state index in [1.54, 1.807) is 0 Å². The van der Waals surface area contributed by atoms with Gasteiger partial charge in [-0.25, -0.2) is 0 Å². The van der Waals surface area contributed by atoms with Gasteiger partial charge in [0.1, 0.15) is 11.5 Å². The summed E-state index contributed by atoms with van der Waals surface area (Å²) in [6.07, 6.45) is 5.68. The highest BCUT2D eigenvalue weighted by molar-refractivity contribution is 7.80. The van der Waals surface area contributed by atoms with Crippen LogP contribution in [0.2, 0.25) is 0 Å². The van der Waals surface area contributed by atoms with E-state index in [1.165, 1.54) is 12.8 Å². The SMILES string of the molecule is NC(=S)Nc1cccc(OCCCCCCCOc2ccccc2)c1. The minimum atomic E-state index is 0.258. The second kappa shape index (κ2) is 11.3. The summed E-state index contributed by atoms with van der Waals surface area (Å²) in [6.45, 7) is 1.50. The van der Waals surface area contributed by atoms with Gasteiger partial charge in [-0.3, -0.25) is 0 Å². The molecule has 25 heavy (non-hydrogen) atoms. The van der Waals surface area contributed by atoms with Crippen LogP contribution in [0.15, 0.2) is 54.6 Å². The zero-order chi connectivity index (χ0) is 17.7. The Hall–Kier alpha value is -2.27.